The van der Waals surface area contributed by atoms with E-state index in [0.717, 1.165) is 78.0 Å². The minimum absolute atomic E-state index is 0.684. The molecule has 162 valence electrons. The lowest BCUT2D eigenvalue weighted by Crippen LogP contribution is -2.27. The van der Waals surface area contributed by atoms with Gasteiger partial charge in [0.25, 0.3) is 0 Å². The van der Waals surface area contributed by atoms with Crippen LogP contribution in [0.3, 0.4) is 0 Å². The average molecular weight is 439 g/mol. The van der Waals surface area contributed by atoms with Gasteiger partial charge in [-0.1, -0.05) is 16.9 Å². The van der Waals surface area contributed by atoms with Gasteiger partial charge in [0.2, 0.25) is 5.82 Å². The summed E-state index contributed by atoms with van der Waals surface area (Å²) >= 11 is 1.74. The Hall–Kier alpha value is -2.65. The number of aryl methyl sites for hydroxylation is 2. The number of thioether (sulfide) groups is 1. The first kappa shape index (κ1) is 20.3. The molecule has 4 aromatic rings. The maximum absolute atomic E-state index is 5.46. The third kappa shape index (κ3) is 3.99. The molecule has 0 spiro atoms. The fourth-order valence-corrected chi connectivity index (χ4v) is 4.99. The molecule has 1 aliphatic rings. The predicted octanol–water partition coefficient (Wildman–Crippen LogP) is 3.81. The topological polar surface area (TPSA) is 86.0 Å². The van der Waals surface area contributed by atoms with E-state index >= 15 is 0 Å². The molecule has 0 fully saturated rings. The summed E-state index contributed by atoms with van der Waals surface area (Å²) in [4.78, 5) is 6.70. The monoisotopic (exact) mass is 438 g/mol. The van der Waals surface area contributed by atoms with Gasteiger partial charge in [-0.15, -0.1) is 10.2 Å². The van der Waals surface area contributed by atoms with Gasteiger partial charge in [0.1, 0.15) is 0 Å². The van der Waals surface area contributed by atoms with Crippen LogP contribution < -0.4 is 0 Å². The minimum Gasteiger partial charge on any atom is -0.440 e. The molecule has 0 saturated heterocycles. The van der Waals surface area contributed by atoms with Crippen LogP contribution in [0.15, 0.2) is 32.6 Å². The molecule has 0 amide bonds. The zero-order chi connectivity index (χ0) is 21.4. The summed E-state index contributed by atoms with van der Waals surface area (Å²) in [7, 11) is 1.97. The third-order valence-corrected chi connectivity index (χ3v) is 7.11. The maximum Gasteiger partial charge on any atom is 0.202 e. The molecule has 0 aliphatic carbocycles. The summed E-state index contributed by atoms with van der Waals surface area (Å²) in [6.07, 6.45) is 4.69. The second-order valence-corrected chi connectivity index (χ2v) is 9.12. The lowest BCUT2D eigenvalue weighted by molar-refractivity contribution is 0.289. The van der Waals surface area contributed by atoms with Crippen molar-refractivity contribution in [3.05, 3.63) is 41.0 Å². The lowest BCUT2D eigenvalue weighted by atomic mass is 10.0. The minimum atomic E-state index is 0.684. The fraction of sp³-hybridized carbons (Fsp3) is 0.455. The zero-order valence-electron chi connectivity index (χ0n) is 18.1. The molecule has 0 atom stereocenters. The predicted molar refractivity (Wildman–Crippen MR) is 119 cm³/mol. The first-order valence-corrected chi connectivity index (χ1v) is 11.6. The van der Waals surface area contributed by atoms with Gasteiger partial charge in [0.05, 0.1) is 11.4 Å². The van der Waals surface area contributed by atoms with Crippen molar-refractivity contribution in [3.63, 3.8) is 0 Å². The second-order valence-electron chi connectivity index (χ2n) is 8.06. The third-order valence-electron chi connectivity index (χ3n) is 6.00. The molecule has 1 aromatic carbocycles. The van der Waals surface area contributed by atoms with Gasteiger partial charge in [-0.2, -0.15) is 0 Å². The van der Waals surface area contributed by atoms with E-state index in [2.05, 4.69) is 37.4 Å². The van der Waals surface area contributed by atoms with E-state index in [1.807, 2.05) is 25.5 Å². The zero-order valence-corrected chi connectivity index (χ0v) is 18.9. The van der Waals surface area contributed by atoms with E-state index in [-0.39, 0.29) is 0 Å². The number of rotatable bonds is 6. The molecule has 0 radical (unpaired) electrons. The highest BCUT2D eigenvalue weighted by molar-refractivity contribution is 7.99. The summed E-state index contributed by atoms with van der Waals surface area (Å²) < 4.78 is 12.9. The van der Waals surface area contributed by atoms with E-state index in [1.165, 1.54) is 17.5 Å². The van der Waals surface area contributed by atoms with Gasteiger partial charge >= 0.3 is 0 Å². The highest BCUT2D eigenvalue weighted by atomic mass is 32.2. The number of benzene rings is 1. The van der Waals surface area contributed by atoms with Gasteiger partial charge in [0.15, 0.2) is 22.9 Å². The number of fused-ring (bicyclic) bond motifs is 2. The molecule has 8 nitrogen and oxygen atoms in total. The maximum atomic E-state index is 5.46. The smallest absolute Gasteiger partial charge is 0.202 e. The Morgan fingerprint density at radius 2 is 1.87 bits per heavy atom. The highest BCUT2D eigenvalue weighted by Gasteiger charge is 2.18. The Kier molecular flexibility index (Phi) is 5.54. The lowest BCUT2D eigenvalue weighted by Gasteiger charge is -2.19. The molecule has 5 rings (SSSR count). The summed E-state index contributed by atoms with van der Waals surface area (Å²) in [5, 5.41) is 14.8. The van der Waals surface area contributed by atoms with Gasteiger partial charge in [-0.3, -0.25) is 0 Å². The van der Waals surface area contributed by atoms with Crippen molar-refractivity contribution in [1.29, 1.82) is 0 Å². The molecule has 0 bridgehead atoms. The molecular weight excluding hydrogens is 412 g/mol. The van der Waals surface area contributed by atoms with Crippen LogP contribution in [-0.2, 0) is 19.9 Å². The molecule has 0 saturated carbocycles. The van der Waals surface area contributed by atoms with Gasteiger partial charge < -0.3 is 18.4 Å². The first-order valence-electron chi connectivity index (χ1n) is 10.6. The van der Waals surface area contributed by atoms with Crippen LogP contribution in [0.25, 0.3) is 22.6 Å². The summed E-state index contributed by atoms with van der Waals surface area (Å²) in [6.45, 7) is 7.17. The van der Waals surface area contributed by atoms with E-state index < -0.39 is 0 Å². The van der Waals surface area contributed by atoms with Crippen molar-refractivity contribution < 1.29 is 8.94 Å². The van der Waals surface area contributed by atoms with Gasteiger partial charge in [-0.05, 0) is 62.9 Å². The fourth-order valence-electron chi connectivity index (χ4n) is 4.16. The van der Waals surface area contributed by atoms with E-state index in [0.29, 0.717) is 5.76 Å². The largest absolute Gasteiger partial charge is 0.440 e. The average Bonchev–Trinajstić information content (AvgIpc) is 3.41. The van der Waals surface area contributed by atoms with Crippen LogP contribution in [0.5, 0.6) is 0 Å². The molecule has 3 aromatic heterocycles. The van der Waals surface area contributed by atoms with Crippen LogP contribution in [0.1, 0.15) is 28.9 Å². The molecule has 1 aliphatic heterocycles. The number of hydrogen-bond acceptors (Lipinski definition) is 8. The van der Waals surface area contributed by atoms with Crippen LogP contribution in [-0.4, -0.2) is 55.2 Å². The first-order chi connectivity index (χ1) is 15.1. The molecule has 9 heteroatoms. The quantitative estimate of drug-likeness (QED) is 0.332. The number of aromatic nitrogens is 5. The Morgan fingerprint density at radius 1 is 1.06 bits per heavy atom. The van der Waals surface area contributed by atoms with Crippen molar-refractivity contribution in [2.24, 2.45) is 7.05 Å². The second kappa shape index (κ2) is 8.47. The summed E-state index contributed by atoms with van der Waals surface area (Å²) in [5.41, 5.74) is 5.54. The van der Waals surface area contributed by atoms with Crippen molar-refractivity contribution in [1.82, 2.24) is 29.8 Å². The van der Waals surface area contributed by atoms with E-state index in [1.54, 1.807) is 11.8 Å². The van der Waals surface area contributed by atoms with E-state index in [9.17, 15) is 0 Å². The van der Waals surface area contributed by atoms with Crippen LogP contribution in [0.4, 0.5) is 0 Å². The Bertz CT molecular complexity index is 1210. The molecule has 0 unspecified atom stereocenters. The van der Waals surface area contributed by atoms with Crippen molar-refractivity contribution in [2.75, 3.05) is 25.4 Å². The standard InChI is InChI=1S/C22H26N6O2S/c1-14-18-11-16-5-8-28(9-6-17(16)12-19(18)30-26-14)7-4-10-31-22-25-24-21(27(22)3)20-15(2)23-13-29-20/h11-13H,4-10H2,1-3H3. The van der Waals surface area contributed by atoms with Crippen LogP contribution in [0.2, 0.25) is 0 Å². The normalized spacial score (nSPS) is 14.8. The highest BCUT2D eigenvalue weighted by Crippen LogP contribution is 2.27. The Morgan fingerprint density at radius 3 is 2.65 bits per heavy atom. The summed E-state index contributed by atoms with van der Waals surface area (Å²) in [6, 6.07) is 4.46. The van der Waals surface area contributed by atoms with Gasteiger partial charge in [-0.25, -0.2) is 4.98 Å². The van der Waals surface area contributed by atoms with Crippen LogP contribution >= 0.6 is 11.8 Å². The Balaban J connectivity index is 1.14. The van der Waals surface area contributed by atoms with Gasteiger partial charge in [0, 0.05) is 31.3 Å². The molecule has 31 heavy (non-hydrogen) atoms. The SMILES string of the molecule is Cc1ncoc1-c1nnc(SCCCN2CCc3cc4onc(C)c4cc3CC2)n1C. The number of hydrogen-bond donors (Lipinski definition) is 0. The number of oxazole rings is 1. The molecular formula is C22H26N6O2S. The molecule has 4 heterocycles. The van der Waals surface area contributed by atoms with E-state index in [4.69, 9.17) is 8.94 Å². The van der Waals surface area contributed by atoms with Crippen molar-refractivity contribution >= 4 is 22.7 Å². The summed E-state index contributed by atoms with van der Waals surface area (Å²) in [5.74, 6) is 2.41. The van der Waals surface area contributed by atoms with Crippen LogP contribution in [0, 0.1) is 13.8 Å². The van der Waals surface area contributed by atoms with Crippen molar-refractivity contribution in [3.8, 4) is 11.6 Å². The molecule has 0 N–H and O–H groups in total. The Labute approximate surface area is 185 Å². The number of nitrogens with zero attached hydrogens (tertiary/aromatic N) is 6. The van der Waals surface area contributed by atoms with Crippen molar-refractivity contribution in [2.45, 2.75) is 38.3 Å².